The van der Waals surface area contributed by atoms with Crippen molar-refractivity contribution in [3.05, 3.63) is 146 Å². The number of benzene rings is 6. The Morgan fingerprint density at radius 1 is 0.333 bits per heavy atom. The summed E-state index contributed by atoms with van der Waals surface area (Å²) in [6.45, 7) is 0. The summed E-state index contributed by atoms with van der Waals surface area (Å²) in [6, 6.07) is 50.3. The summed E-state index contributed by atoms with van der Waals surface area (Å²) in [6.07, 6.45) is 0. The number of fused-ring (bicyclic) bond motifs is 6. The van der Waals surface area contributed by atoms with Crippen LogP contribution in [0.25, 0.3) is 87.3 Å². The lowest BCUT2D eigenvalue weighted by Gasteiger charge is -2.12. The normalized spacial score (nSPS) is 11.6. The highest BCUT2D eigenvalue weighted by atomic mass is 32.1. The number of aromatic nitrogens is 4. The van der Waals surface area contributed by atoms with Crippen LogP contribution in [0.1, 0.15) is 0 Å². The lowest BCUT2D eigenvalue weighted by molar-refractivity contribution is 1.07. The van der Waals surface area contributed by atoms with Gasteiger partial charge >= 0.3 is 0 Å². The topological polar surface area (TPSA) is 51.6 Å². The summed E-state index contributed by atoms with van der Waals surface area (Å²) >= 11 is 1.83. The first-order valence-electron chi connectivity index (χ1n) is 14.9. The minimum Gasteiger partial charge on any atom is -0.247 e. The number of nitrogens with zero attached hydrogens (tertiary/aromatic N) is 4. The Labute approximate surface area is 263 Å². The molecule has 5 heteroatoms. The molecule has 0 spiro atoms. The fourth-order valence-electron chi connectivity index (χ4n) is 6.10. The zero-order valence-electron chi connectivity index (χ0n) is 24.1. The van der Waals surface area contributed by atoms with E-state index in [-0.39, 0.29) is 0 Å². The molecule has 45 heavy (non-hydrogen) atoms. The highest BCUT2D eigenvalue weighted by Gasteiger charge is 2.16. The molecule has 0 aliphatic rings. The molecule has 3 heterocycles. The molecule has 3 aromatic heterocycles. The van der Waals surface area contributed by atoms with Crippen LogP contribution in [0, 0.1) is 0 Å². The Morgan fingerprint density at radius 3 is 1.53 bits per heavy atom. The van der Waals surface area contributed by atoms with Gasteiger partial charge in [-0.05, 0) is 29.7 Å². The molecule has 6 aromatic carbocycles. The maximum Gasteiger partial charge on any atom is 0.164 e. The van der Waals surface area contributed by atoms with Crippen LogP contribution in [-0.2, 0) is 0 Å². The van der Waals surface area contributed by atoms with Gasteiger partial charge in [-0.3, -0.25) is 0 Å². The largest absolute Gasteiger partial charge is 0.247 e. The number of para-hydroxylation sites is 1. The molecule has 0 radical (unpaired) electrons. The van der Waals surface area contributed by atoms with Gasteiger partial charge in [-0.1, -0.05) is 121 Å². The van der Waals surface area contributed by atoms with E-state index in [4.69, 9.17) is 19.9 Å². The zero-order valence-corrected chi connectivity index (χ0v) is 24.9. The van der Waals surface area contributed by atoms with Gasteiger partial charge in [0.1, 0.15) is 0 Å². The third kappa shape index (κ3) is 4.44. The van der Waals surface area contributed by atoms with E-state index in [0.717, 1.165) is 44.2 Å². The molecule has 0 unspecified atom stereocenters. The van der Waals surface area contributed by atoms with Crippen LogP contribution in [0.4, 0.5) is 0 Å². The number of hydrogen-bond acceptors (Lipinski definition) is 5. The van der Waals surface area contributed by atoms with E-state index in [1.165, 1.54) is 25.6 Å². The lowest BCUT2D eigenvalue weighted by Crippen LogP contribution is -2.00. The maximum atomic E-state index is 5.21. The van der Waals surface area contributed by atoms with Crippen LogP contribution >= 0.6 is 11.3 Å². The molecule has 0 N–H and O–H groups in total. The van der Waals surface area contributed by atoms with Gasteiger partial charge in [0, 0.05) is 53.2 Å². The fourth-order valence-corrected chi connectivity index (χ4v) is 7.23. The number of pyridine rings is 1. The second kappa shape index (κ2) is 10.4. The van der Waals surface area contributed by atoms with Gasteiger partial charge < -0.3 is 0 Å². The standard InChI is InChI=1S/C40H24N4S/c1-3-11-26(12-4-1)38-42-39(27-13-5-2-6-14-27)44-40(43-38)28-21-19-25(20-22-28)37-33-24-36-32(30-16-8-10-18-35(30)45-36)23-31(33)29-15-7-9-17-34(29)41-37/h1-24H. The van der Waals surface area contributed by atoms with Crippen molar-refractivity contribution in [3.8, 4) is 45.4 Å². The van der Waals surface area contributed by atoms with Gasteiger partial charge in [0.2, 0.25) is 0 Å². The summed E-state index contributed by atoms with van der Waals surface area (Å²) in [5.74, 6) is 1.94. The molecule has 9 aromatic rings. The first-order valence-corrected chi connectivity index (χ1v) is 15.7. The van der Waals surface area contributed by atoms with Gasteiger partial charge in [-0.25, -0.2) is 19.9 Å². The first-order chi connectivity index (χ1) is 22.3. The number of hydrogen-bond donors (Lipinski definition) is 0. The predicted octanol–water partition coefficient (Wildman–Crippen LogP) is 10.6. The Balaban J connectivity index is 1.21. The monoisotopic (exact) mass is 592 g/mol. The summed E-state index contributed by atoms with van der Waals surface area (Å²) in [7, 11) is 0. The average molecular weight is 593 g/mol. The van der Waals surface area contributed by atoms with E-state index in [1.54, 1.807) is 0 Å². The van der Waals surface area contributed by atoms with E-state index >= 15 is 0 Å². The van der Waals surface area contributed by atoms with Crippen molar-refractivity contribution in [2.24, 2.45) is 0 Å². The van der Waals surface area contributed by atoms with Gasteiger partial charge in [-0.15, -0.1) is 11.3 Å². The van der Waals surface area contributed by atoms with Crippen molar-refractivity contribution in [2.45, 2.75) is 0 Å². The highest BCUT2D eigenvalue weighted by Crippen LogP contribution is 2.41. The maximum absolute atomic E-state index is 5.21. The van der Waals surface area contributed by atoms with Gasteiger partial charge in [-0.2, -0.15) is 0 Å². The number of rotatable bonds is 4. The van der Waals surface area contributed by atoms with Crippen LogP contribution in [0.15, 0.2) is 146 Å². The Kier molecular flexibility index (Phi) is 5.96. The van der Waals surface area contributed by atoms with Crippen molar-refractivity contribution in [1.29, 1.82) is 0 Å². The zero-order chi connectivity index (χ0) is 29.7. The van der Waals surface area contributed by atoms with E-state index in [2.05, 4.69) is 84.9 Å². The highest BCUT2D eigenvalue weighted by molar-refractivity contribution is 7.25. The Hall–Kier alpha value is -5.78. The number of thiophene rings is 1. The summed E-state index contributed by atoms with van der Waals surface area (Å²) < 4.78 is 2.57. The van der Waals surface area contributed by atoms with Crippen molar-refractivity contribution in [2.75, 3.05) is 0 Å². The molecule has 0 saturated carbocycles. The Bertz CT molecular complexity index is 2460. The Morgan fingerprint density at radius 2 is 0.867 bits per heavy atom. The van der Waals surface area contributed by atoms with Crippen LogP contribution in [0.5, 0.6) is 0 Å². The van der Waals surface area contributed by atoms with Crippen LogP contribution in [0.2, 0.25) is 0 Å². The van der Waals surface area contributed by atoms with Crippen LogP contribution in [0.3, 0.4) is 0 Å². The van der Waals surface area contributed by atoms with Crippen LogP contribution in [-0.4, -0.2) is 19.9 Å². The van der Waals surface area contributed by atoms with E-state index in [1.807, 2.05) is 72.0 Å². The van der Waals surface area contributed by atoms with E-state index in [9.17, 15) is 0 Å². The van der Waals surface area contributed by atoms with Crippen molar-refractivity contribution in [1.82, 2.24) is 19.9 Å². The second-order valence-corrected chi connectivity index (χ2v) is 12.2. The molecule has 0 fully saturated rings. The first kappa shape index (κ1) is 25.7. The smallest absolute Gasteiger partial charge is 0.164 e. The van der Waals surface area contributed by atoms with Crippen LogP contribution < -0.4 is 0 Å². The van der Waals surface area contributed by atoms with Crippen molar-refractivity contribution >= 4 is 53.2 Å². The molecule has 0 bridgehead atoms. The quantitative estimate of drug-likeness (QED) is 0.191. The minimum atomic E-state index is 0.637. The molecule has 4 nitrogen and oxygen atoms in total. The third-order valence-electron chi connectivity index (χ3n) is 8.31. The summed E-state index contributed by atoms with van der Waals surface area (Å²) in [4.78, 5) is 19.9. The van der Waals surface area contributed by atoms with Crippen molar-refractivity contribution in [3.63, 3.8) is 0 Å². The molecule has 0 amide bonds. The SMILES string of the molecule is c1ccc(-c2nc(-c3ccccc3)nc(-c3ccc(-c4nc5ccccc5c5cc6c(cc45)sc4ccccc46)cc3)n2)cc1. The molecule has 9 rings (SSSR count). The van der Waals surface area contributed by atoms with Gasteiger partial charge in [0.05, 0.1) is 11.2 Å². The molecule has 210 valence electrons. The van der Waals surface area contributed by atoms with E-state index in [0.29, 0.717) is 17.5 Å². The molecule has 0 atom stereocenters. The molecule has 0 aliphatic heterocycles. The predicted molar refractivity (Wildman–Crippen MR) is 187 cm³/mol. The molecular weight excluding hydrogens is 569 g/mol. The lowest BCUT2D eigenvalue weighted by atomic mass is 9.97. The van der Waals surface area contributed by atoms with Gasteiger partial charge in [0.15, 0.2) is 17.5 Å². The second-order valence-electron chi connectivity index (χ2n) is 11.1. The van der Waals surface area contributed by atoms with E-state index < -0.39 is 0 Å². The summed E-state index contributed by atoms with van der Waals surface area (Å²) in [5, 5.41) is 6.12. The van der Waals surface area contributed by atoms with Crippen molar-refractivity contribution < 1.29 is 0 Å². The molecule has 0 saturated heterocycles. The molecular formula is C40H24N4S. The minimum absolute atomic E-state index is 0.637. The average Bonchev–Trinajstić information content (AvgIpc) is 3.49. The fraction of sp³-hybridized carbons (Fsp3) is 0. The summed E-state index contributed by atoms with van der Waals surface area (Å²) in [5.41, 5.74) is 5.84. The molecule has 0 aliphatic carbocycles. The van der Waals surface area contributed by atoms with Gasteiger partial charge in [0.25, 0.3) is 0 Å². The third-order valence-corrected chi connectivity index (χ3v) is 9.45.